The van der Waals surface area contributed by atoms with E-state index in [1.165, 1.54) is 0 Å². The van der Waals surface area contributed by atoms with Crippen LogP contribution in [0, 0.1) is 0 Å². The maximum absolute atomic E-state index is 11.2. The molecule has 1 saturated carbocycles. The lowest BCUT2D eigenvalue weighted by atomic mass is 9.77. The quantitative estimate of drug-likeness (QED) is 0.894. The number of aliphatic hydroxyl groups is 1. The van der Waals surface area contributed by atoms with Crippen molar-refractivity contribution in [1.82, 2.24) is 10.2 Å². The largest absolute Gasteiger partial charge is 0.385 e. The molecule has 134 valence electrons. The monoisotopic (exact) mass is 332 g/mol. The van der Waals surface area contributed by atoms with Crippen LogP contribution < -0.4 is 5.32 Å². The third kappa shape index (κ3) is 4.58. The summed E-state index contributed by atoms with van der Waals surface area (Å²) in [6, 6.07) is 10.9. The minimum absolute atomic E-state index is 0.0638. The van der Waals surface area contributed by atoms with Crippen molar-refractivity contribution < 1.29 is 9.90 Å². The normalized spacial score (nSPS) is 30.3. The Morgan fingerprint density at radius 3 is 2.38 bits per heavy atom. The van der Waals surface area contributed by atoms with Crippen LogP contribution in [0.15, 0.2) is 30.3 Å². The maximum Gasteiger partial charge on any atom is 0.217 e. The van der Waals surface area contributed by atoms with Crippen molar-refractivity contribution in [3.63, 3.8) is 0 Å². The van der Waals surface area contributed by atoms with Gasteiger partial charge in [-0.1, -0.05) is 44.2 Å². The molecule has 1 heterocycles. The molecule has 1 aromatic rings. The molecule has 1 atom stereocenters. The Labute approximate surface area is 146 Å². The summed E-state index contributed by atoms with van der Waals surface area (Å²) in [7, 11) is 0. The van der Waals surface area contributed by atoms with Crippen molar-refractivity contribution in [3.8, 4) is 0 Å². The van der Waals surface area contributed by atoms with Gasteiger partial charge in [0.2, 0.25) is 5.91 Å². The summed E-state index contributed by atoms with van der Waals surface area (Å²) in [6.45, 7) is 7.59. The number of benzene rings is 1. The Morgan fingerprint density at radius 2 is 1.79 bits per heavy atom. The van der Waals surface area contributed by atoms with Crippen molar-refractivity contribution in [3.05, 3.63) is 35.9 Å². The molecule has 4 nitrogen and oxygen atoms in total. The van der Waals surface area contributed by atoms with E-state index in [1.54, 1.807) is 6.92 Å². The summed E-state index contributed by atoms with van der Waals surface area (Å²) in [4.78, 5) is 13.7. The Balaban J connectivity index is 0.00000100. The Hall–Kier alpha value is -1.39. The number of amides is 1. The first-order valence-corrected chi connectivity index (χ1v) is 9.36. The molecular weight excluding hydrogens is 300 g/mol. The molecule has 2 N–H and O–H groups in total. The summed E-state index contributed by atoms with van der Waals surface area (Å²) >= 11 is 0. The first kappa shape index (κ1) is 18.9. The van der Waals surface area contributed by atoms with Gasteiger partial charge in [0.05, 0.1) is 5.60 Å². The predicted molar refractivity (Wildman–Crippen MR) is 97.7 cm³/mol. The van der Waals surface area contributed by atoms with E-state index in [9.17, 15) is 9.90 Å². The molecule has 1 aromatic carbocycles. The highest BCUT2D eigenvalue weighted by atomic mass is 16.3. The van der Waals surface area contributed by atoms with Crippen molar-refractivity contribution in [1.29, 1.82) is 0 Å². The first-order chi connectivity index (χ1) is 11.6. The number of rotatable bonds is 3. The Bertz CT molecular complexity index is 510. The van der Waals surface area contributed by atoms with E-state index in [1.807, 2.05) is 44.2 Å². The number of carbonyl (C=O) groups is 1. The molecule has 4 heteroatoms. The van der Waals surface area contributed by atoms with Crippen LogP contribution in [0.4, 0.5) is 0 Å². The zero-order valence-electron chi connectivity index (χ0n) is 15.3. The van der Waals surface area contributed by atoms with Gasteiger partial charge in [-0.25, -0.2) is 0 Å². The molecule has 2 aliphatic rings. The average molecular weight is 332 g/mol. The number of nitrogens with zero attached hydrogens (tertiary/aromatic N) is 1. The van der Waals surface area contributed by atoms with E-state index in [2.05, 4.69) is 10.2 Å². The van der Waals surface area contributed by atoms with Gasteiger partial charge in [-0.2, -0.15) is 0 Å². The number of likely N-dealkylation sites (tertiary alicyclic amines) is 1. The van der Waals surface area contributed by atoms with Crippen LogP contribution in [0.5, 0.6) is 0 Å². The van der Waals surface area contributed by atoms with E-state index in [4.69, 9.17) is 0 Å². The number of hydrogen-bond acceptors (Lipinski definition) is 3. The third-order valence-corrected chi connectivity index (χ3v) is 5.24. The molecule has 1 aliphatic heterocycles. The van der Waals surface area contributed by atoms with E-state index in [0.717, 1.165) is 50.8 Å². The molecule has 2 fully saturated rings. The highest BCUT2D eigenvalue weighted by molar-refractivity contribution is 5.73. The van der Waals surface area contributed by atoms with E-state index < -0.39 is 5.60 Å². The molecule has 1 unspecified atom stereocenters. The van der Waals surface area contributed by atoms with Gasteiger partial charge in [-0.15, -0.1) is 0 Å². The van der Waals surface area contributed by atoms with Crippen molar-refractivity contribution in [2.24, 2.45) is 0 Å². The van der Waals surface area contributed by atoms with Gasteiger partial charge in [-0.3, -0.25) is 9.69 Å². The van der Waals surface area contributed by atoms with Crippen molar-refractivity contribution >= 4 is 5.91 Å². The van der Waals surface area contributed by atoms with Gasteiger partial charge in [-0.05, 0) is 37.7 Å². The number of hydrogen-bond donors (Lipinski definition) is 2. The standard InChI is InChI=1S/C18H26N2O2.C2H6/c1-14(21)19-16-9-12-20(13-16)17-7-10-18(22,11-8-17)15-5-3-2-4-6-15;1-2/h2-6,16-17,22H,7-13H2,1H3,(H,19,21);1-2H3. The second-order valence-corrected chi connectivity index (χ2v) is 6.81. The second-order valence-electron chi connectivity index (χ2n) is 6.81. The number of carbonyl (C=O) groups excluding carboxylic acids is 1. The molecule has 0 radical (unpaired) electrons. The minimum atomic E-state index is -0.658. The molecule has 3 rings (SSSR count). The van der Waals surface area contributed by atoms with Gasteiger partial charge in [0.25, 0.3) is 0 Å². The third-order valence-electron chi connectivity index (χ3n) is 5.24. The zero-order valence-corrected chi connectivity index (χ0v) is 15.3. The lowest BCUT2D eigenvalue weighted by Gasteiger charge is -2.40. The van der Waals surface area contributed by atoms with Gasteiger partial charge >= 0.3 is 0 Å². The molecule has 0 spiro atoms. The average Bonchev–Trinajstić information content (AvgIpc) is 3.06. The van der Waals surface area contributed by atoms with Crippen LogP contribution in [0.3, 0.4) is 0 Å². The summed E-state index contributed by atoms with van der Waals surface area (Å²) in [5, 5.41) is 13.9. The molecule has 1 amide bonds. The first-order valence-electron chi connectivity index (χ1n) is 9.36. The van der Waals surface area contributed by atoms with Crippen LogP contribution in [0.25, 0.3) is 0 Å². The minimum Gasteiger partial charge on any atom is -0.385 e. The second kappa shape index (κ2) is 8.63. The highest BCUT2D eigenvalue weighted by Crippen LogP contribution is 2.39. The summed E-state index contributed by atoms with van der Waals surface area (Å²) in [5.41, 5.74) is 0.389. The Morgan fingerprint density at radius 1 is 1.17 bits per heavy atom. The summed E-state index contributed by atoms with van der Waals surface area (Å²) < 4.78 is 0. The molecular formula is C20H32N2O2. The maximum atomic E-state index is 11.2. The lowest BCUT2D eigenvalue weighted by Crippen LogP contribution is -2.43. The zero-order chi connectivity index (χ0) is 17.6. The molecule has 0 aromatic heterocycles. The molecule has 24 heavy (non-hydrogen) atoms. The van der Waals surface area contributed by atoms with Gasteiger partial charge < -0.3 is 10.4 Å². The van der Waals surface area contributed by atoms with E-state index >= 15 is 0 Å². The van der Waals surface area contributed by atoms with Gasteiger partial charge in [0, 0.05) is 32.1 Å². The predicted octanol–water partition coefficient (Wildman–Crippen LogP) is 3.05. The SMILES string of the molecule is CC.CC(=O)NC1CCN(C2CCC(O)(c3ccccc3)CC2)C1. The van der Waals surface area contributed by atoms with Gasteiger partial charge in [0.15, 0.2) is 0 Å². The van der Waals surface area contributed by atoms with E-state index in [-0.39, 0.29) is 5.91 Å². The lowest BCUT2D eigenvalue weighted by molar-refractivity contribution is -0.119. The fourth-order valence-corrected chi connectivity index (χ4v) is 4.01. The summed E-state index contributed by atoms with van der Waals surface area (Å²) in [6.07, 6.45) is 4.74. The topological polar surface area (TPSA) is 52.6 Å². The molecule has 1 aliphatic carbocycles. The highest BCUT2D eigenvalue weighted by Gasteiger charge is 2.38. The number of nitrogens with one attached hydrogen (secondary N) is 1. The molecule has 0 bridgehead atoms. The van der Waals surface area contributed by atoms with Crippen LogP contribution in [-0.4, -0.2) is 41.1 Å². The van der Waals surface area contributed by atoms with Crippen molar-refractivity contribution in [2.45, 2.75) is 70.6 Å². The van der Waals surface area contributed by atoms with Crippen LogP contribution in [-0.2, 0) is 10.4 Å². The van der Waals surface area contributed by atoms with Crippen LogP contribution in [0.2, 0.25) is 0 Å². The smallest absolute Gasteiger partial charge is 0.217 e. The summed E-state index contributed by atoms with van der Waals surface area (Å²) in [5.74, 6) is 0.0638. The fraction of sp³-hybridized carbons (Fsp3) is 0.650. The molecule has 1 saturated heterocycles. The Kier molecular flexibility index (Phi) is 6.81. The van der Waals surface area contributed by atoms with Crippen LogP contribution in [0.1, 0.15) is 58.4 Å². The van der Waals surface area contributed by atoms with Crippen LogP contribution >= 0.6 is 0 Å². The van der Waals surface area contributed by atoms with Gasteiger partial charge in [0.1, 0.15) is 0 Å². The van der Waals surface area contributed by atoms with Crippen molar-refractivity contribution in [2.75, 3.05) is 13.1 Å². The van der Waals surface area contributed by atoms with E-state index in [0.29, 0.717) is 12.1 Å². The fourth-order valence-electron chi connectivity index (χ4n) is 4.01.